The second-order valence-electron chi connectivity index (χ2n) is 4.83. The minimum Gasteiger partial charge on any atom is -0.480 e. The molecule has 1 amide bonds. The lowest BCUT2D eigenvalue weighted by Crippen LogP contribution is -2.49. The van der Waals surface area contributed by atoms with Gasteiger partial charge >= 0.3 is 5.97 Å². The number of carboxylic acids is 1. The van der Waals surface area contributed by atoms with E-state index in [2.05, 4.69) is 5.32 Å². The lowest BCUT2D eigenvalue weighted by atomic mass is 9.75. The summed E-state index contributed by atoms with van der Waals surface area (Å²) in [7, 11) is 0. The molecule has 0 radical (unpaired) electrons. The fraction of sp³-hybridized carbons (Fsp3) is 0.467. The maximum absolute atomic E-state index is 12.5. The summed E-state index contributed by atoms with van der Waals surface area (Å²) in [6.07, 6.45) is 1.17. The second kappa shape index (κ2) is 6.75. The Bertz CT molecular complexity index is 480. The first-order valence-corrected chi connectivity index (χ1v) is 7.05. The Morgan fingerprint density at radius 2 is 1.75 bits per heavy atom. The van der Waals surface area contributed by atoms with Crippen molar-refractivity contribution in [3.63, 3.8) is 0 Å². The van der Waals surface area contributed by atoms with E-state index >= 15 is 0 Å². The molecule has 0 fully saturated rings. The highest BCUT2D eigenvalue weighted by Crippen LogP contribution is 2.32. The van der Waals surface area contributed by atoms with Crippen molar-refractivity contribution in [2.24, 2.45) is 0 Å². The predicted octanol–water partition coefficient (Wildman–Crippen LogP) is 2.99. The van der Waals surface area contributed by atoms with Crippen molar-refractivity contribution in [3.8, 4) is 0 Å². The zero-order valence-electron chi connectivity index (χ0n) is 11.9. The van der Waals surface area contributed by atoms with Crippen LogP contribution in [0.2, 0.25) is 5.02 Å². The summed E-state index contributed by atoms with van der Waals surface area (Å²) in [5.74, 6) is -1.31. The maximum atomic E-state index is 12.5. The highest BCUT2D eigenvalue weighted by Gasteiger charge is 2.37. The lowest BCUT2D eigenvalue weighted by molar-refractivity contribution is -0.142. The van der Waals surface area contributed by atoms with Crippen molar-refractivity contribution >= 4 is 23.5 Å². The molecule has 0 spiro atoms. The maximum Gasteiger partial charge on any atom is 0.325 e. The number of benzene rings is 1. The van der Waals surface area contributed by atoms with Crippen LogP contribution < -0.4 is 5.32 Å². The largest absolute Gasteiger partial charge is 0.480 e. The van der Waals surface area contributed by atoms with Gasteiger partial charge in [0.15, 0.2) is 0 Å². The normalized spacial score (nSPS) is 12.8. The van der Waals surface area contributed by atoms with Crippen LogP contribution in [-0.2, 0) is 15.0 Å². The van der Waals surface area contributed by atoms with Crippen LogP contribution in [0.4, 0.5) is 0 Å². The van der Waals surface area contributed by atoms with Gasteiger partial charge in [0, 0.05) is 5.02 Å². The van der Waals surface area contributed by atoms with Crippen LogP contribution in [0.3, 0.4) is 0 Å². The van der Waals surface area contributed by atoms with E-state index in [1.807, 2.05) is 26.0 Å². The predicted molar refractivity (Wildman–Crippen MR) is 79.0 cm³/mol. The third-order valence-electron chi connectivity index (χ3n) is 3.76. The van der Waals surface area contributed by atoms with E-state index in [-0.39, 0.29) is 5.91 Å². The van der Waals surface area contributed by atoms with Gasteiger partial charge in [-0.3, -0.25) is 9.59 Å². The highest BCUT2D eigenvalue weighted by molar-refractivity contribution is 6.30. The van der Waals surface area contributed by atoms with E-state index in [4.69, 9.17) is 16.7 Å². The third-order valence-corrected chi connectivity index (χ3v) is 4.01. The monoisotopic (exact) mass is 297 g/mol. The fourth-order valence-corrected chi connectivity index (χ4v) is 2.40. The molecule has 0 aliphatic heterocycles. The molecule has 0 aliphatic carbocycles. The SMILES string of the molecule is CCC(CC)(C(=O)NC(C)C(=O)O)c1ccc(Cl)cc1. The van der Waals surface area contributed by atoms with Gasteiger partial charge in [0.2, 0.25) is 5.91 Å². The third kappa shape index (κ3) is 3.31. The number of rotatable bonds is 6. The molecular weight excluding hydrogens is 278 g/mol. The van der Waals surface area contributed by atoms with Crippen molar-refractivity contribution in [2.75, 3.05) is 0 Å². The van der Waals surface area contributed by atoms with Gasteiger partial charge in [-0.15, -0.1) is 0 Å². The topological polar surface area (TPSA) is 66.4 Å². The van der Waals surface area contributed by atoms with Crippen molar-refractivity contribution in [2.45, 2.75) is 45.1 Å². The van der Waals surface area contributed by atoms with Gasteiger partial charge in [0.1, 0.15) is 6.04 Å². The summed E-state index contributed by atoms with van der Waals surface area (Å²) in [6.45, 7) is 5.30. The van der Waals surface area contributed by atoms with Crippen LogP contribution in [0.5, 0.6) is 0 Å². The van der Waals surface area contributed by atoms with E-state index in [1.54, 1.807) is 12.1 Å². The van der Waals surface area contributed by atoms with Gasteiger partial charge < -0.3 is 10.4 Å². The first-order valence-electron chi connectivity index (χ1n) is 6.67. The minimum atomic E-state index is -1.05. The number of carbonyl (C=O) groups is 2. The van der Waals surface area contributed by atoms with Crippen LogP contribution in [0, 0.1) is 0 Å². The van der Waals surface area contributed by atoms with Crippen molar-refractivity contribution < 1.29 is 14.7 Å². The number of hydrogen-bond acceptors (Lipinski definition) is 2. The lowest BCUT2D eigenvalue weighted by Gasteiger charge is -2.31. The van der Waals surface area contributed by atoms with E-state index in [0.717, 1.165) is 5.56 Å². The van der Waals surface area contributed by atoms with Gasteiger partial charge in [0.25, 0.3) is 0 Å². The molecule has 0 saturated carbocycles. The summed E-state index contributed by atoms with van der Waals surface area (Å²) in [6, 6.07) is 6.21. The molecule has 0 aliphatic rings. The van der Waals surface area contributed by atoms with Crippen molar-refractivity contribution in [1.29, 1.82) is 0 Å². The molecule has 1 rings (SSSR count). The highest BCUT2D eigenvalue weighted by atomic mass is 35.5. The molecule has 0 bridgehead atoms. The molecule has 1 aromatic carbocycles. The quantitative estimate of drug-likeness (QED) is 0.848. The number of carbonyl (C=O) groups excluding carboxylic acids is 1. The molecular formula is C15H20ClNO3. The smallest absolute Gasteiger partial charge is 0.325 e. The fourth-order valence-electron chi connectivity index (χ4n) is 2.28. The minimum absolute atomic E-state index is 0.264. The van der Waals surface area contributed by atoms with Gasteiger partial charge in [-0.25, -0.2) is 0 Å². The van der Waals surface area contributed by atoms with Crippen molar-refractivity contribution in [3.05, 3.63) is 34.9 Å². The average Bonchev–Trinajstić information content (AvgIpc) is 2.42. The van der Waals surface area contributed by atoms with E-state index in [1.165, 1.54) is 6.92 Å². The first-order chi connectivity index (χ1) is 9.37. The molecule has 2 N–H and O–H groups in total. The van der Waals surface area contributed by atoms with E-state index in [0.29, 0.717) is 17.9 Å². The average molecular weight is 298 g/mol. The zero-order valence-corrected chi connectivity index (χ0v) is 12.7. The van der Waals surface area contributed by atoms with E-state index < -0.39 is 17.4 Å². The van der Waals surface area contributed by atoms with Crippen LogP contribution in [-0.4, -0.2) is 23.0 Å². The Morgan fingerprint density at radius 3 is 2.15 bits per heavy atom. The van der Waals surface area contributed by atoms with E-state index in [9.17, 15) is 9.59 Å². The molecule has 0 saturated heterocycles. The molecule has 1 unspecified atom stereocenters. The van der Waals surface area contributed by atoms with Crippen molar-refractivity contribution in [1.82, 2.24) is 5.32 Å². The van der Waals surface area contributed by atoms with Crippen LogP contribution in [0.25, 0.3) is 0 Å². The first kappa shape index (κ1) is 16.5. The van der Waals surface area contributed by atoms with Gasteiger partial charge in [-0.1, -0.05) is 37.6 Å². The molecule has 1 atom stereocenters. The van der Waals surface area contributed by atoms with Crippen LogP contribution >= 0.6 is 11.6 Å². The summed E-state index contributed by atoms with van der Waals surface area (Å²) in [5.41, 5.74) is 0.121. The number of halogens is 1. The summed E-state index contributed by atoms with van der Waals surface area (Å²) < 4.78 is 0. The number of aliphatic carboxylic acids is 1. The summed E-state index contributed by atoms with van der Waals surface area (Å²) >= 11 is 5.88. The number of nitrogens with one attached hydrogen (secondary N) is 1. The Balaban J connectivity index is 3.11. The summed E-state index contributed by atoms with van der Waals surface area (Å²) in [5, 5.41) is 12.1. The Kier molecular flexibility index (Phi) is 5.57. The number of amides is 1. The van der Waals surface area contributed by atoms with Gasteiger partial charge in [-0.05, 0) is 37.5 Å². The van der Waals surface area contributed by atoms with Crippen LogP contribution in [0.1, 0.15) is 39.2 Å². The summed E-state index contributed by atoms with van der Waals surface area (Å²) in [4.78, 5) is 23.4. The second-order valence-corrected chi connectivity index (χ2v) is 5.27. The van der Waals surface area contributed by atoms with Gasteiger partial charge in [-0.2, -0.15) is 0 Å². The molecule has 0 heterocycles. The Morgan fingerprint density at radius 1 is 1.25 bits per heavy atom. The van der Waals surface area contributed by atoms with Crippen LogP contribution in [0.15, 0.2) is 24.3 Å². The molecule has 1 aromatic rings. The molecule has 110 valence electrons. The molecule has 5 heteroatoms. The molecule has 4 nitrogen and oxygen atoms in total. The Labute approximate surface area is 124 Å². The van der Waals surface area contributed by atoms with Gasteiger partial charge in [0.05, 0.1) is 5.41 Å². The molecule has 20 heavy (non-hydrogen) atoms. The Hall–Kier alpha value is -1.55. The molecule has 0 aromatic heterocycles. The zero-order chi connectivity index (χ0) is 15.3. The number of hydrogen-bond donors (Lipinski definition) is 2. The standard InChI is InChI=1S/C15H20ClNO3/c1-4-15(5-2,11-6-8-12(16)9-7-11)14(20)17-10(3)13(18)19/h6-10H,4-5H2,1-3H3,(H,17,20)(H,18,19). The number of carboxylic acid groups (broad SMARTS) is 1.